The van der Waals surface area contributed by atoms with Crippen LogP contribution in [0.4, 0.5) is 4.39 Å². The summed E-state index contributed by atoms with van der Waals surface area (Å²) in [6.45, 7) is 1.34. The molecule has 1 aliphatic rings. The predicted molar refractivity (Wildman–Crippen MR) is 118 cm³/mol. The number of ether oxygens (including phenoxy) is 1. The van der Waals surface area contributed by atoms with Crippen LogP contribution in [0.1, 0.15) is 33.8 Å². The van der Waals surface area contributed by atoms with Crippen LogP contribution in [0.25, 0.3) is 10.4 Å². The first-order valence-corrected chi connectivity index (χ1v) is 11.1. The molecule has 0 radical (unpaired) electrons. The van der Waals surface area contributed by atoms with E-state index in [9.17, 15) is 29.9 Å². The van der Waals surface area contributed by atoms with Crippen molar-refractivity contribution in [3.63, 3.8) is 0 Å². The van der Waals surface area contributed by atoms with Gasteiger partial charge in [0.25, 0.3) is 0 Å². The summed E-state index contributed by atoms with van der Waals surface area (Å²) in [5, 5.41) is 51.1. The molecule has 5 N–H and O–H groups in total. The molecule has 0 saturated carbocycles. The minimum atomic E-state index is -1.48. The Labute approximate surface area is 188 Å². The van der Waals surface area contributed by atoms with Gasteiger partial charge in [0.1, 0.15) is 42.4 Å². The molecule has 0 spiro atoms. The Bertz CT molecular complexity index is 1070. The minimum absolute atomic E-state index is 0.314. The van der Waals surface area contributed by atoms with E-state index in [0.717, 1.165) is 16.0 Å². The summed E-state index contributed by atoms with van der Waals surface area (Å²) < 4.78 is 18.9. The zero-order chi connectivity index (χ0) is 23.0. The Morgan fingerprint density at radius 3 is 2.38 bits per heavy atom. The van der Waals surface area contributed by atoms with Crippen LogP contribution in [-0.4, -0.2) is 56.6 Å². The third-order valence-corrected chi connectivity index (χ3v) is 7.03. The lowest BCUT2D eigenvalue weighted by molar-refractivity contribution is -0.231. The molecule has 0 aliphatic carbocycles. The van der Waals surface area contributed by atoms with Crippen molar-refractivity contribution in [2.75, 3.05) is 6.61 Å². The zero-order valence-corrected chi connectivity index (χ0v) is 18.1. The Balaban J connectivity index is 1.62. The average molecular weight is 461 g/mol. The van der Waals surface area contributed by atoms with Gasteiger partial charge in [-0.05, 0) is 59.5 Å². The van der Waals surface area contributed by atoms with Gasteiger partial charge in [0.2, 0.25) is 0 Å². The Hall–Kier alpha value is -2.17. The van der Waals surface area contributed by atoms with E-state index in [0.29, 0.717) is 16.0 Å². The Morgan fingerprint density at radius 1 is 0.969 bits per heavy atom. The van der Waals surface area contributed by atoms with Crippen molar-refractivity contribution in [3.8, 4) is 10.4 Å². The molecule has 0 amide bonds. The van der Waals surface area contributed by atoms with E-state index in [4.69, 9.17) is 4.74 Å². The maximum atomic E-state index is 13.2. The van der Waals surface area contributed by atoms with Crippen molar-refractivity contribution < 1.29 is 34.7 Å². The Kier molecular flexibility index (Phi) is 6.73. The minimum Gasteiger partial charge on any atom is -0.394 e. The maximum Gasteiger partial charge on any atom is 0.123 e. The predicted octanol–water partition coefficient (Wildman–Crippen LogP) is 2.46. The summed E-state index contributed by atoms with van der Waals surface area (Å²) in [5.41, 5.74) is 2.79. The van der Waals surface area contributed by atoms with Gasteiger partial charge >= 0.3 is 0 Å². The standard InChI is InChI=1S/C24H25FO6S/c1-12-2-3-14(24-23(30)22(29)21(28)17(11-26)31-24)10-16(12)20(27)19-9-8-18(32-19)13-4-6-15(25)7-5-13/h2-10,17,20-24,26-30H,11H2,1H3. The number of hydrogen-bond acceptors (Lipinski definition) is 7. The fourth-order valence-corrected chi connectivity index (χ4v) is 4.95. The average Bonchev–Trinajstić information content (AvgIpc) is 3.29. The second kappa shape index (κ2) is 9.36. The van der Waals surface area contributed by atoms with E-state index < -0.39 is 43.2 Å². The molecule has 8 heteroatoms. The van der Waals surface area contributed by atoms with E-state index in [2.05, 4.69) is 0 Å². The molecule has 1 aromatic heterocycles. The molecule has 4 rings (SSSR count). The van der Waals surface area contributed by atoms with Crippen molar-refractivity contribution in [2.24, 2.45) is 0 Å². The highest BCUT2D eigenvalue weighted by Gasteiger charge is 2.44. The summed E-state index contributed by atoms with van der Waals surface area (Å²) in [6.07, 6.45) is -7.24. The number of halogens is 1. The van der Waals surface area contributed by atoms with E-state index in [-0.39, 0.29) is 5.82 Å². The molecular weight excluding hydrogens is 435 g/mol. The van der Waals surface area contributed by atoms with Gasteiger partial charge in [-0.25, -0.2) is 4.39 Å². The zero-order valence-electron chi connectivity index (χ0n) is 17.3. The molecule has 1 saturated heterocycles. The lowest BCUT2D eigenvalue weighted by Gasteiger charge is -2.40. The number of aliphatic hydroxyl groups is 5. The summed E-state index contributed by atoms with van der Waals surface area (Å²) >= 11 is 1.39. The molecule has 1 aliphatic heterocycles. The lowest BCUT2D eigenvalue weighted by Crippen LogP contribution is -2.55. The van der Waals surface area contributed by atoms with Crippen molar-refractivity contribution in [2.45, 2.75) is 43.5 Å². The molecule has 2 aromatic carbocycles. The molecule has 6 nitrogen and oxygen atoms in total. The van der Waals surface area contributed by atoms with E-state index >= 15 is 0 Å². The van der Waals surface area contributed by atoms with Crippen LogP contribution in [0.15, 0.2) is 54.6 Å². The topological polar surface area (TPSA) is 110 Å². The maximum absolute atomic E-state index is 13.2. The number of hydrogen-bond donors (Lipinski definition) is 5. The van der Waals surface area contributed by atoms with Gasteiger partial charge in [-0.15, -0.1) is 11.3 Å². The molecule has 6 atom stereocenters. The van der Waals surface area contributed by atoms with Crippen molar-refractivity contribution in [3.05, 3.63) is 82.0 Å². The fraction of sp³-hybridized carbons (Fsp3) is 0.333. The molecule has 3 aromatic rings. The molecular formula is C24H25FO6S. The third-order valence-electron chi connectivity index (χ3n) is 5.84. The van der Waals surface area contributed by atoms with Gasteiger partial charge in [0.05, 0.1) is 6.61 Å². The normalized spacial score (nSPS) is 26.8. The van der Waals surface area contributed by atoms with Gasteiger partial charge in [0, 0.05) is 9.75 Å². The summed E-state index contributed by atoms with van der Waals surface area (Å²) in [7, 11) is 0. The second-order valence-electron chi connectivity index (χ2n) is 7.98. The van der Waals surface area contributed by atoms with E-state index in [1.54, 1.807) is 30.3 Å². The number of rotatable bonds is 5. The Morgan fingerprint density at radius 2 is 1.69 bits per heavy atom. The highest BCUT2D eigenvalue weighted by Crippen LogP contribution is 2.38. The highest BCUT2D eigenvalue weighted by atomic mass is 32.1. The summed E-state index contributed by atoms with van der Waals surface area (Å²) in [6, 6.07) is 15.0. The van der Waals surface area contributed by atoms with Crippen LogP contribution >= 0.6 is 11.3 Å². The summed E-state index contributed by atoms with van der Waals surface area (Å²) in [4.78, 5) is 1.58. The van der Waals surface area contributed by atoms with Crippen LogP contribution in [-0.2, 0) is 4.74 Å². The SMILES string of the molecule is Cc1ccc(C2OC(CO)C(O)C(O)C2O)cc1C(O)c1ccc(-c2ccc(F)cc2)s1. The van der Waals surface area contributed by atoms with Crippen molar-refractivity contribution >= 4 is 11.3 Å². The van der Waals surface area contributed by atoms with Crippen molar-refractivity contribution in [1.82, 2.24) is 0 Å². The molecule has 170 valence electrons. The first-order valence-electron chi connectivity index (χ1n) is 10.2. The van der Waals surface area contributed by atoms with E-state index in [1.165, 1.54) is 23.5 Å². The molecule has 6 unspecified atom stereocenters. The molecule has 1 fully saturated rings. The number of benzene rings is 2. The van der Waals surface area contributed by atoms with Gasteiger partial charge in [-0.2, -0.15) is 0 Å². The first-order chi connectivity index (χ1) is 15.3. The molecule has 0 bridgehead atoms. The van der Waals surface area contributed by atoms with Crippen molar-refractivity contribution in [1.29, 1.82) is 0 Å². The smallest absolute Gasteiger partial charge is 0.123 e. The fourth-order valence-electron chi connectivity index (χ4n) is 3.93. The van der Waals surface area contributed by atoms with Crippen LogP contribution in [0.2, 0.25) is 0 Å². The summed E-state index contributed by atoms with van der Waals surface area (Å²) in [5.74, 6) is -0.314. The monoisotopic (exact) mass is 460 g/mol. The largest absolute Gasteiger partial charge is 0.394 e. The van der Waals surface area contributed by atoms with Crippen LogP contribution < -0.4 is 0 Å². The van der Waals surface area contributed by atoms with Gasteiger partial charge in [-0.1, -0.05) is 24.3 Å². The third kappa shape index (κ3) is 4.35. The highest BCUT2D eigenvalue weighted by molar-refractivity contribution is 7.15. The molecule has 32 heavy (non-hydrogen) atoms. The molecule has 2 heterocycles. The number of aliphatic hydroxyl groups excluding tert-OH is 5. The first kappa shape index (κ1) is 23.0. The van der Waals surface area contributed by atoms with Crippen LogP contribution in [0.5, 0.6) is 0 Å². The number of thiophene rings is 1. The number of aryl methyl sites for hydroxylation is 1. The quantitative estimate of drug-likeness (QED) is 0.400. The second-order valence-corrected chi connectivity index (χ2v) is 9.09. The van der Waals surface area contributed by atoms with Gasteiger partial charge in [-0.3, -0.25) is 0 Å². The van der Waals surface area contributed by atoms with Crippen LogP contribution in [0, 0.1) is 12.7 Å². The van der Waals surface area contributed by atoms with Gasteiger partial charge < -0.3 is 30.3 Å². The van der Waals surface area contributed by atoms with E-state index in [1.807, 2.05) is 19.1 Å². The van der Waals surface area contributed by atoms with Gasteiger partial charge in [0.15, 0.2) is 0 Å². The van der Waals surface area contributed by atoms with Crippen LogP contribution in [0.3, 0.4) is 0 Å². The lowest BCUT2D eigenvalue weighted by atomic mass is 9.89.